The van der Waals surface area contributed by atoms with Crippen molar-refractivity contribution in [2.45, 2.75) is 31.7 Å². The summed E-state index contributed by atoms with van der Waals surface area (Å²) in [5.41, 5.74) is 7.40. The lowest BCUT2D eigenvalue weighted by molar-refractivity contribution is 0.445. The zero-order chi connectivity index (χ0) is 9.97. The normalized spacial score (nSPS) is 18.5. The van der Waals surface area contributed by atoms with Crippen LogP contribution in [0.5, 0.6) is 0 Å². The van der Waals surface area contributed by atoms with Crippen molar-refractivity contribution in [1.29, 1.82) is 0 Å². The molecule has 0 spiro atoms. The molecule has 0 heterocycles. The molecule has 1 atom stereocenters. The van der Waals surface area contributed by atoms with E-state index in [-0.39, 0.29) is 18.4 Å². The van der Waals surface area contributed by atoms with Gasteiger partial charge in [-0.1, -0.05) is 36.6 Å². The van der Waals surface area contributed by atoms with Gasteiger partial charge in [-0.25, -0.2) is 0 Å². The Hall–Kier alpha value is -0.240. The van der Waals surface area contributed by atoms with Gasteiger partial charge in [0.15, 0.2) is 0 Å². The van der Waals surface area contributed by atoms with E-state index in [0.717, 1.165) is 5.02 Å². The van der Waals surface area contributed by atoms with E-state index in [1.165, 1.54) is 31.2 Å². The predicted octanol–water partition coefficient (Wildman–Crippen LogP) is 3.95. The lowest BCUT2D eigenvalue weighted by atomic mass is 9.93. The maximum absolute atomic E-state index is 6.21. The fraction of sp³-hybridized carbons (Fsp3) is 0.500. The van der Waals surface area contributed by atoms with Gasteiger partial charge in [-0.2, -0.15) is 0 Å². The molecule has 0 aliphatic heterocycles. The third-order valence-corrected chi connectivity index (χ3v) is 3.38. The van der Waals surface area contributed by atoms with Gasteiger partial charge < -0.3 is 5.73 Å². The molecule has 3 heteroatoms. The zero-order valence-corrected chi connectivity index (χ0v) is 10.2. The summed E-state index contributed by atoms with van der Waals surface area (Å²) < 4.78 is 0. The fourth-order valence-corrected chi connectivity index (χ4v) is 2.50. The van der Waals surface area contributed by atoms with Gasteiger partial charge in [0.05, 0.1) is 0 Å². The molecular weight excluding hydrogens is 229 g/mol. The van der Waals surface area contributed by atoms with Gasteiger partial charge in [0.2, 0.25) is 0 Å². The van der Waals surface area contributed by atoms with Gasteiger partial charge in [0.25, 0.3) is 0 Å². The van der Waals surface area contributed by atoms with Crippen LogP contribution < -0.4 is 5.73 Å². The standard InChI is InChI=1S/C12H16ClN.ClH/c13-11-7-3-6-10(8-11)12(14)9-4-1-2-5-9;/h3,6-9,12H,1-2,4-5,14H2;1H. The summed E-state index contributed by atoms with van der Waals surface area (Å²) in [6.07, 6.45) is 5.21. The van der Waals surface area contributed by atoms with E-state index < -0.39 is 0 Å². The van der Waals surface area contributed by atoms with Crippen LogP contribution in [0, 0.1) is 5.92 Å². The summed E-state index contributed by atoms with van der Waals surface area (Å²) in [6.45, 7) is 0. The second-order valence-electron chi connectivity index (χ2n) is 4.13. The van der Waals surface area contributed by atoms with Crippen molar-refractivity contribution in [2.75, 3.05) is 0 Å². The predicted molar refractivity (Wildman–Crippen MR) is 67.6 cm³/mol. The second-order valence-corrected chi connectivity index (χ2v) is 4.56. The van der Waals surface area contributed by atoms with Gasteiger partial charge in [-0.05, 0) is 36.5 Å². The Morgan fingerprint density at radius 1 is 1.27 bits per heavy atom. The molecule has 1 aromatic carbocycles. The van der Waals surface area contributed by atoms with Crippen molar-refractivity contribution in [3.63, 3.8) is 0 Å². The topological polar surface area (TPSA) is 26.0 Å². The van der Waals surface area contributed by atoms with E-state index >= 15 is 0 Å². The van der Waals surface area contributed by atoms with Crippen LogP contribution in [-0.2, 0) is 0 Å². The third kappa shape index (κ3) is 3.10. The molecule has 0 amide bonds. The molecular formula is C12H17Cl2N. The van der Waals surface area contributed by atoms with Crippen LogP contribution in [0.15, 0.2) is 24.3 Å². The van der Waals surface area contributed by atoms with Gasteiger partial charge >= 0.3 is 0 Å². The fourth-order valence-electron chi connectivity index (χ4n) is 2.30. The van der Waals surface area contributed by atoms with Crippen LogP contribution in [0.3, 0.4) is 0 Å². The van der Waals surface area contributed by atoms with Crippen molar-refractivity contribution in [2.24, 2.45) is 11.7 Å². The van der Waals surface area contributed by atoms with Gasteiger partial charge in [-0.3, -0.25) is 0 Å². The Morgan fingerprint density at radius 3 is 2.53 bits per heavy atom. The summed E-state index contributed by atoms with van der Waals surface area (Å²) in [6, 6.07) is 8.12. The molecule has 84 valence electrons. The Bertz CT molecular complexity index is 308. The smallest absolute Gasteiger partial charge is 0.0409 e. The van der Waals surface area contributed by atoms with E-state index in [9.17, 15) is 0 Å². The van der Waals surface area contributed by atoms with Crippen LogP contribution in [0.4, 0.5) is 0 Å². The molecule has 1 fully saturated rings. The first-order chi connectivity index (χ1) is 6.77. The maximum Gasteiger partial charge on any atom is 0.0409 e. The molecule has 1 unspecified atom stereocenters. The molecule has 0 aromatic heterocycles. The highest BCUT2D eigenvalue weighted by atomic mass is 35.5. The van der Waals surface area contributed by atoms with E-state index in [1.807, 2.05) is 18.2 Å². The number of hydrogen-bond acceptors (Lipinski definition) is 1. The number of halogens is 2. The molecule has 1 nitrogen and oxygen atoms in total. The Balaban J connectivity index is 0.00000112. The van der Waals surface area contributed by atoms with E-state index in [2.05, 4.69) is 6.07 Å². The van der Waals surface area contributed by atoms with E-state index in [4.69, 9.17) is 17.3 Å². The van der Waals surface area contributed by atoms with Crippen molar-refractivity contribution in [3.8, 4) is 0 Å². The minimum Gasteiger partial charge on any atom is -0.324 e. The molecule has 1 aliphatic carbocycles. The van der Waals surface area contributed by atoms with Gasteiger partial charge in [0, 0.05) is 11.1 Å². The summed E-state index contributed by atoms with van der Waals surface area (Å²) in [7, 11) is 0. The largest absolute Gasteiger partial charge is 0.324 e. The lowest BCUT2D eigenvalue weighted by Gasteiger charge is -2.19. The monoisotopic (exact) mass is 245 g/mol. The first-order valence-electron chi connectivity index (χ1n) is 5.28. The second kappa shape index (κ2) is 5.74. The van der Waals surface area contributed by atoms with Crippen LogP contribution in [0.2, 0.25) is 5.02 Å². The van der Waals surface area contributed by atoms with Crippen molar-refractivity contribution >= 4 is 24.0 Å². The minimum atomic E-state index is 0. The Morgan fingerprint density at radius 2 is 1.93 bits per heavy atom. The van der Waals surface area contributed by atoms with Crippen LogP contribution in [-0.4, -0.2) is 0 Å². The Kier molecular flexibility index (Phi) is 4.91. The van der Waals surface area contributed by atoms with Crippen LogP contribution in [0.1, 0.15) is 37.3 Å². The molecule has 2 rings (SSSR count). The lowest BCUT2D eigenvalue weighted by Crippen LogP contribution is -2.18. The maximum atomic E-state index is 6.21. The molecule has 15 heavy (non-hydrogen) atoms. The average Bonchev–Trinajstić information content (AvgIpc) is 2.69. The first kappa shape index (κ1) is 12.8. The molecule has 1 aliphatic rings. The molecule has 0 radical (unpaired) electrons. The molecule has 0 saturated heterocycles. The van der Waals surface area contributed by atoms with Crippen molar-refractivity contribution in [1.82, 2.24) is 0 Å². The molecule has 2 N–H and O–H groups in total. The van der Waals surface area contributed by atoms with E-state index in [1.54, 1.807) is 0 Å². The van der Waals surface area contributed by atoms with Crippen molar-refractivity contribution in [3.05, 3.63) is 34.9 Å². The quantitative estimate of drug-likeness (QED) is 0.839. The highest BCUT2D eigenvalue weighted by Crippen LogP contribution is 2.34. The number of rotatable bonds is 2. The number of hydrogen-bond donors (Lipinski definition) is 1. The zero-order valence-electron chi connectivity index (χ0n) is 8.66. The highest BCUT2D eigenvalue weighted by Gasteiger charge is 2.22. The highest BCUT2D eigenvalue weighted by molar-refractivity contribution is 6.30. The van der Waals surface area contributed by atoms with Crippen LogP contribution >= 0.6 is 24.0 Å². The molecule has 1 aromatic rings. The summed E-state index contributed by atoms with van der Waals surface area (Å²) in [5, 5.41) is 0.788. The number of benzene rings is 1. The Labute approximate surface area is 102 Å². The third-order valence-electron chi connectivity index (χ3n) is 3.14. The summed E-state index contributed by atoms with van der Waals surface area (Å²) >= 11 is 5.94. The SMILES string of the molecule is Cl.NC(c1cccc(Cl)c1)C1CCCC1. The van der Waals surface area contributed by atoms with Gasteiger partial charge in [-0.15, -0.1) is 12.4 Å². The van der Waals surface area contributed by atoms with Gasteiger partial charge in [0.1, 0.15) is 0 Å². The molecule has 0 bridgehead atoms. The first-order valence-corrected chi connectivity index (χ1v) is 5.66. The minimum absolute atomic E-state index is 0. The molecule has 1 saturated carbocycles. The number of nitrogens with two attached hydrogens (primary N) is 1. The van der Waals surface area contributed by atoms with E-state index in [0.29, 0.717) is 5.92 Å². The van der Waals surface area contributed by atoms with Crippen LogP contribution in [0.25, 0.3) is 0 Å². The summed E-state index contributed by atoms with van der Waals surface area (Å²) in [4.78, 5) is 0. The average molecular weight is 246 g/mol. The van der Waals surface area contributed by atoms with Crippen molar-refractivity contribution < 1.29 is 0 Å². The summed E-state index contributed by atoms with van der Waals surface area (Å²) in [5.74, 6) is 0.661.